The highest BCUT2D eigenvalue weighted by atomic mass is 16.5. The van der Waals surface area contributed by atoms with Gasteiger partial charge in [-0.2, -0.15) is 0 Å². The maximum atomic E-state index is 6.31. The van der Waals surface area contributed by atoms with E-state index in [0.29, 0.717) is 13.2 Å². The molecule has 0 heterocycles. The van der Waals surface area contributed by atoms with E-state index >= 15 is 0 Å². The van der Waals surface area contributed by atoms with Gasteiger partial charge in [-0.3, -0.25) is 0 Å². The summed E-state index contributed by atoms with van der Waals surface area (Å²) in [4.78, 5) is 0. The number of hydrogen-bond donors (Lipinski definition) is 1. The molecule has 1 aromatic rings. The molecule has 1 saturated carbocycles. The second-order valence-corrected chi connectivity index (χ2v) is 5.49. The molecule has 3 heteroatoms. The lowest BCUT2D eigenvalue weighted by atomic mass is 9.83. The van der Waals surface area contributed by atoms with Crippen molar-refractivity contribution < 1.29 is 9.47 Å². The highest BCUT2D eigenvalue weighted by Gasteiger charge is 2.27. The Kier molecular flexibility index (Phi) is 5.67. The van der Waals surface area contributed by atoms with Gasteiger partial charge in [-0.15, -0.1) is 0 Å². The van der Waals surface area contributed by atoms with Crippen LogP contribution >= 0.6 is 0 Å². The second-order valence-electron chi connectivity index (χ2n) is 5.49. The zero-order valence-electron chi connectivity index (χ0n) is 11.6. The van der Waals surface area contributed by atoms with Crippen LogP contribution in [0.4, 0.5) is 0 Å². The summed E-state index contributed by atoms with van der Waals surface area (Å²) in [5.41, 5.74) is 6.24. The van der Waals surface area contributed by atoms with E-state index in [1.54, 1.807) is 0 Å². The van der Waals surface area contributed by atoms with E-state index in [-0.39, 0.29) is 5.54 Å². The predicted octanol–water partition coefficient (Wildman–Crippen LogP) is 3.13. The highest BCUT2D eigenvalue weighted by Crippen LogP contribution is 2.25. The maximum absolute atomic E-state index is 6.31. The molecule has 1 aliphatic carbocycles. The minimum Gasteiger partial charge on any atom is -0.494 e. The molecule has 0 saturated heterocycles. The van der Waals surface area contributed by atoms with Gasteiger partial charge in [0.15, 0.2) is 0 Å². The average molecular weight is 263 g/mol. The summed E-state index contributed by atoms with van der Waals surface area (Å²) in [7, 11) is 0. The molecule has 2 rings (SSSR count). The van der Waals surface area contributed by atoms with Gasteiger partial charge in [-0.05, 0) is 25.0 Å². The first-order chi connectivity index (χ1) is 9.29. The van der Waals surface area contributed by atoms with Gasteiger partial charge in [-0.1, -0.05) is 37.5 Å². The lowest BCUT2D eigenvalue weighted by molar-refractivity contribution is 0.0608. The fourth-order valence-corrected chi connectivity index (χ4v) is 2.54. The van der Waals surface area contributed by atoms with E-state index < -0.39 is 0 Å². The second kappa shape index (κ2) is 7.51. The highest BCUT2D eigenvalue weighted by molar-refractivity contribution is 5.20. The summed E-state index contributed by atoms with van der Waals surface area (Å²) in [6, 6.07) is 9.89. The van der Waals surface area contributed by atoms with Gasteiger partial charge >= 0.3 is 0 Å². The van der Waals surface area contributed by atoms with Crippen LogP contribution in [0.3, 0.4) is 0 Å². The van der Waals surface area contributed by atoms with Crippen LogP contribution in [-0.4, -0.2) is 25.4 Å². The Morgan fingerprint density at radius 1 is 1.00 bits per heavy atom. The number of benzene rings is 1. The van der Waals surface area contributed by atoms with Crippen molar-refractivity contribution in [2.45, 2.75) is 44.1 Å². The Bertz CT molecular complexity index is 347. The molecule has 2 N–H and O–H groups in total. The first-order valence-corrected chi connectivity index (χ1v) is 7.33. The summed E-state index contributed by atoms with van der Waals surface area (Å²) in [6.07, 6.45) is 6.93. The van der Waals surface area contributed by atoms with Gasteiger partial charge in [0.05, 0.1) is 13.2 Å². The number of nitrogens with two attached hydrogens (primary N) is 1. The number of para-hydroxylation sites is 1. The van der Waals surface area contributed by atoms with Gasteiger partial charge < -0.3 is 15.2 Å². The fourth-order valence-electron chi connectivity index (χ4n) is 2.54. The first-order valence-electron chi connectivity index (χ1n) is 7.33. The van der Waals surface area contributed by atoms with E-state index in [1.807, 2.05) is 30.3 Å². The lowest BCUT2D eigenvalue weighted by Crippen LogP contribution is -2.46. The molecule has 106 valence electrons. The third-order valence-electron chi connectivity index (χ3n) is 3.68. The van der Waals surface area contributed by atoms with Crippen molar-refractivity contribution >= 4 is 0 Å². The molecule has 0 atom stereocenters. The van der Waals surface area contributed by atoms with E-state index in [9.17, 15) is 0 Å². The largest absolute Gasteiger partial charge is 0.494 e. The summed E-state index contributed by atoms with van der Waals surface area (Å²) in [5, 5.41) is 0. The van der Waals surface area contributed by atoms with E-state index in [4.69, 9.17) is 15.2 Å². The number of ether oxygens (including phenoxy) is 2. The van der Waals surface area contributed by atoms with Crippen LogP contribution in [0, 0.1) is 0 Å². The minimum absolute atomic E-state index is 0.0709. The Morgan fingerprint density at radius 2 is 1.74 bits per heavy atom. The average Bonchev–Trinajstić information content (AvgIpc) is 2.44. The van der Waals surface area contributed by atoms with Crippen molar-refractivity contribution in [1.82, 2.24) is 0 Å². The van der Waals surface area contributed by atoms with Crippen molar-refractivity contribution in [3.63, 3.8) is 0 Å². The van der Waals surface area contributed by atoms with Gasteiger partial charge in [0.2, 0.25) is 0 Å². The van der Waals surface area contributed by atoms with Crippen molar-refractivity contribution in [1.29, 1.82) is 0 Å². The molecular formula is C16H25NO2. The van der Waals surface area contributed by atoms with Crippen molar-refractivity contribution in [3.05, 3.63) is 30.3 Å². The zero-order chi connectivity index (χ0) is 13.4. The third kappa shape index (κ3) is 5.21. The van der Waals surface area contributed by atoms with Crippen LogP contribution in [0.1, 0.15) is 38.5 Å². The smallest absolute Gasteiger partial charge is 0.119 e. The standard InChI is InChI=1S/C16H25NO2/c17-16(10-5-2-6-11-16)14-18-12-7-13-19-15-8-3-1-4-9-15/h1,3-4,8-9H,2,5-7,10-14,17H2. The summed E-state index contributed by atoms with van der Waals surface area (Å²) >= 11 is 0. The topological polar surface area (TPSA) is 44.5 Å². The van der Waals surface area contributed by atoms with Gasteiger partial charge in [0, 0.05) is 18.6 Å². The fraction of sp³-hybridized carbons (Fsp3) is 0.625. The van der Waals surface area contributed by atoms with Crippen LogP contribution in [0.5, 0.6) is 5.75 Å². The Balaban J connectivity index is 1.52. The summed E-state index contributed by atoms with van der Waals surface area (Å²) in [5.74, 6) is 0.921. The predicted molar refractivity (Wildman–Crippen MR) is 77.4 cm³/mol. The molecule has 0 amide bonds. The molecule has 1 aromatic carbocycles. The normalized spacial score (nSPS) is 18.2. The zero-order valence-corrected chi connectivity index (χ0v) is 11.6. The van der Waals surface area contributed by atoms with Gasteiger partial charge in [0.1, 0.15) is 5.75 Å². The van der Waals surface area contributed by atoms with E-state index in [2.05, 4.69) is 0 Å². The Hall–Kier alpha value is -1.06. The maximum Gasteiger partial charge on any atom is 0.119 e. The molecule has 0 unspecified atom stereocenters. The molecular weight excluding hydrogens is 238 g/mol. The number of hydrogen-bond acceptors (Lipinski definition) is 3. The SMILES string of the molecule is NC1(COCCCOc2ccccc2)CCCCC1. The quantitative estimate of drug-likeness (QED) is 0.769. The number of rotatable bonds is 7. The molecule has 0 radical (unpaired) electrons. The third-order valence-corrected chi connectivity index (χ3v) is 3.68. The van der Waals surface area contributed by atoms with Crippen LogP contribution in [0.25, 0.3) is 0 Å². The Labute approximate surface area is 116 Å². The van der Waals surface area contributed by atoms with E-state index in [0.717, 1.165) is 31.6 Å². The van der Waals surface area contributed by atoms with Crippen molar-refractivity contribution in [3.8, 4) is 5.75 Å². The summed E-state index contributed by atoms with van der Waals surface area (Å²) < 4.78 is 11.3. The molecule has 19 heavy (non-hydrogen) atoms. The van der Waals surface area contributed by atoms with Crippen LogP contribution < -0.4 is 10.5 Å². The molecule has 0 aromatic heterocycles. The van der Waals surface area contributed by atoms with Crippen molar-refractivity contribution in [2.75, 3.05) is 19.8 Å². The molecule has 0 spiro atoms. The summed E-state index contributed by atoms with van der Waals surface area (Å²) in [6.45, 7) is 2.12. The van der Waals surface area contributed by atoms with Crippen LogP contribution in [0.2, 0.25) is 0 Å². The van der Waals surface area contributed by atoms with Gasteiger partial charge in [-0.25, -0.2) is 0 Å². The molecule has 3 nitrogen and oxygen atoms in total. The molecule has 0 aliphatic heterocycles. The molecule has 1 fully saturated rings. The minimum atomic E-state index is -0.0709. The molecule has 0 bridgehead atoms. The lowest BCUT2D eigenvalue weighted by Gasteiger charge is -2.33. The van der Waals surface area contributed by atoms with Crippen molar-refractivity contribution in [2.24, 2.45) is 5.73 Å². The van der Waals surface area contributed by atoms with Crippen LogP contribution in [0.15, 0.2) is 30.3 Å². The monoisotopic (exact) mass is 263 g/mol. The van der Waals surface area contributed by atoms with E-state index in [1.165, 1.54) is 19.3 Å². The van der Waals surface area contributed by atoms with Crippen LogP contribution in [-0.2, 0) is 4.74 Å². The molecule has 1 aliphatic rings. The Morgan fingerprint density at radius 3 is 2.47 bits per heavy atom. The van der Waals surface area contributed by atoms with Gasteiger partial charge in [0.25, 0.3) is 0 Å². The first kappa shape index (κ1) is 14.4.